The minimum Gasteiger partial charge on any atom is -0.347 e. The fraction of sp³-hybridized carbons (Fsp3) is 0.438. The monoisotopic (exact) mass is 340 g/mol. The number of halogens is 2. The number of piperidine rings is 3. The molecule has 118 valence electrons. The average molecular weight is 341 g/mol. The Morgan fingerprint density at radius 2 is 2.09 bits per heavy atom. The largest absolute Gasteiger partial charge is 0.347 e. The van der Waals surface area contributed by atoms with E-state index in [1.807, 2.05) is 6.07 Å². The molecular weight excluding hydrogens is 323 g/mol. The van der Waals surface area contributed by atoms with Crippen LogP contribution in [0, 0.1) is 11.7 Å². The summed E-state index contributed by atoms with van der Waals surface area (Å²) in [5, 5.41) is 3.70. The Labute approximate surface area is 138 Å². The van der Waals surface area contributed by atoms with Gasteiger partial charge in [0.25, 0.3) is 5.91 Å². The lowest BCUT2D eigenvalue weighted by Gasteiger charge is -2.44. The topological polar surface area (TPSA) is 32.3 Å². The molecule has 1 atom stereocenters. The first kappa shape index (κ1) is 15.7. The van der Waals surface area contributed by atoms with Crippen LogP contribution in [0.5, 0.6) is 0 Å². The minimum atomic E-state index is -0.259. The number of thiophene rings is 1. The molecule has 0 aliphatic carbocycles. The van der Waals surface area contributed by atoms with Crippen molar-refractivity contribution in [2.75, 3.05) is 19.6 Å². The molecule has 22 heavy (non-hydrogen) atoms. The van der Waals surface area contributed by atoms with E-state index >= 15 is 0 Å². The number of carbonyl (C=O) groups excluding carboxylic acids is 1. The van der Waals surface area contributed by atoms with Crippen molar-refractivity contribution in [1.82, 2.24) is 10.2 Å². The second kappa shape index (κ2) is 6.14. The van der Waals surface area contributed by atoms with Gasteiger partial charge in [-0.25, -0.2) is 4.39 Å². The standard InChI is InChI=1S/C16H17FN2OS.ClH/c17-12-2-1-3-14-11(12)8-15(21-14)16(20)18-13-9-19-6-4-10(13)5-7-19;/h1-3,8,10,13H,4-7,9H2,(H,18,20);1H/t13-;/m0./s1. The number of hydrogen-bond acceptors (Lipinski definition) is 3. The van der Waals surface area contributed by atoms with E-state index in [1.165, 1.54) is 30.2 Å². The predicted octanol–water partition coefficient (Wildman–Crippen LogP) is 3.29. The molecule has 0 unspecified atom stereocenters. The van der Waals surface area contributed by atoms with Gasteiger partial charge in [-0.2, -0.15) is 0 Å². The highest BCUT2D eigenvalue weighted by Gasteiger charge is 2.35. The van der Waals surface area contributed by atoms with Crippen LogP contribution in [0.3, 0.4) is 0 Å². The van der Waals surface area contributed by atoms with Crippen LogP contribution in [0.2, 0.25) is 0 Å². The van der Waals surface area contributed by atoms with Gasteiger partial charge >= 0.3 is 0 Å². The summed E-state index contributed by atoms with van der Waals surface area (Å²) in [6, 6.07) is 6.89. The molecule has 4 heterocycles. The SMILES string of the molecule is Cl.O=C(N[C@H]1CN2CCC1CC2)c1cc2c(F)cccc2s1. The van der Waals surface area contributed by atoms with Gasteiger partial charge in [-0.15, -0.1) is 23.7 Å². The molecule has 5 rings (SSSR count). The van der Waals surface area contributed by atoms with Gasteiger partial charge in [0.2, 0.25) is 0 Å². The fourth-order valence-electron chi connectivity index (χ4n) is 3.51. The van der Waals surface area contributed by atoms with Crippen LogP contribution >= 0.6 is 23.7 Å². The second-order valence-electron chi connectivity index (χ2n) is 5.98. The van der Waals surface area contributed by atoms with Crippen LogP contribution in [0.1, 0.15) is 22.5 Å². The molecule has 0 saturated carbocycles. The first-order chi connectivity index (χ1) is 10.2. The third-order valence-electron chi connectivity index (χ3n) is 4.70. The number of nitrogens with one attached hydrogen (secondary N) is 1. The molecule has 2 bridgehead atoms. The molecule has 6 heteroatoms. The van der Waals surface area contributed by atoms with Crippen LogP contribution in [0.25, 0.3) is 10.1 Å². The highest BCUT2D eigenvalue weighted by Crippen LogP contribution is 2.30. The van der Waals surface area contributed by atoms with Crippen LogP contribution in [0.15, 0.2) is 24.3 Å². The highest BCUT2D eigenvalue weighted by atomic mass is 35.5. The molecule has 3 saturated heterocycles. The summed E-state index contributed by atoms with van der Waals surface area (Å²) in [5.41, 5.74) is 0. The fourth-order valence-corrected chi connectivity index (χ4v) is 4.48. The van der Waals surface area contributed by atoms with Crippen molar-refractivity contribution < 1.29 is 9.18 Å². The molecule has 3 aliphatic heterocycles. The van der Waals surface area contributed by atoms with Crippen molar-refractivity contribution in [1.29, 1.82) is 0 Å². The Bertz CT molecular complexity index is 697. The molecule has 0 spiro atoms. The van der Waals surface area contributed by atoms with Crippen molar-refractivity contribution in [3.63, 3.8) is 0 Å². The Hall–Kier alpha value is -1.17. The summed E-state index contributed by atoms with van der Waals surface area (Å²) >= 11 is 1.36. The van der Waals surface area contributed by atoms with E-state index in [0.717, 1.165) is 24.3 Å². The van der Waals surface area contributed by atoms with E-state index in [0.29, 0.717) is 16.2 Å². The second-order valence-corrected chi connectivity index (χ2v) is 7.06. The molecular formula is C16H18ClFN2OS. The summed E-state index contributed by atoms with van der Waals surface area (Å²) in [5.74, 6) is 0.282. The minimum absolute atomic E-state index is 0. The van der Waals surface area contributed by atoms with E-state index in [9.17, 15) is 9.18 Å². The summed E-state index contributed by atoms with van der Waals surface area (Å²) in [6.45, 7) is 3.27. The zero-order chi connectivity index (χ0) is 14.4. The zero-order valence-corrected chi connectivity index (χ0v) is 13.7. The summed E-state index contributed by atoms with van der Waals surface area (Å²) in [4.78, 5) is 15.4. The lowest BCUT2D eigenvalue weighted by atomic mass is 9.84. The molecule has 0 radical (unpaired) electrons. The van der Waals surface area contributed by atoms with Gasteiger partial charge in [0.1, 0.15) is 5.82 Å². The lowest BCUT2D eigenvalue weighted by molar-refractivity contribution is 0.0622. The third-order valence-corrected chi connectivity index (χ3v) is 5.80. The predicted molar refractivity (Wildman–Crippen MR) is 89.4 cm³/mol. The van der Waals surface area contributed by atoms with Gasteiger partial charge in [0.15, 0.2) is 0 Å². The quantitative estimate of drug-likeness (QED) is 0.910. The van der Waals surface area contributed by atoms with E-state index in [-0.39, 0.29) is 30.2 Å². The van der Waals surface area contributed by atoms with Gasteiger partial charge < -0.3 is 10.2 Å². The first-order valence-corrected chi connectivity index (χ1v) is 8.23. The van der Waals surface area contributed by atoms with Crippen LogP contribution in [-0.4, -0.2) is 36.5 Å². The summed E-state index contributed by atoms with van der Waals surface area (Å²) < 4.78 is 14.5. The molecule has 1 N–H and O–H groups in total. The van der Waals surface area contributed by atoms with Crippen molar-refractivity contribution in [3.05, 3.63) is 35.0 Å². The Balaban J connectivity index is 0.00000144. The first-order valence-electron chi connectivity index (χ1n) is 7.42. The number of fused-ring (bicyclic) bond motifs is 4. The average Bonchev–Trinajstić information content (AvgIpc) is 2.94. The normalized spacial score (nSPS) is 26.7. The molecule has 1 aromatic heterocycles. The number of benzene rings is 1. The maximum Gasteiger partial charge on any atom is 0.261 e. The number of amides is 1. The van der Waals surface area contributed by atoms with Gasteiger partial charge in [-0.05, 0) is 50.0 Å². The van der Waals surface area contributed by atoms with Crippen LogP contribution in [-0.2, 0) is 0 Å². The van der Waals surface area contributed by atoms with E-state index < -0.39 is 0 Å². The van der Waals surface area contributed by atoms with Gasteiger partial charge in [0, 0.05) is 22.7 Å². The number of rotatable bonds is 2. The number of carbonyl (C=O) groups is 1. The van der Waals surface area contributed by atoms with Crippen LogP contribution < -0.4 is 5.32 Å². The van der Waals surface area contributed by atoms with Crippen molar-refractivity contribution in [2.24, 2.45) is 5.92 Å². The Morgan fingerprint density at radius 1 is 1.32 bits per heavy atom. The van der Waals surface area contributed by atoms with Gasteiger partial charge in [-0.1, -0.05) is 6.07 Å². The molecule has 1 amide bonds. The molecule has 3 fully saturated rings. The number of nitrogens with zero attached hydrogens (tertiary/aromatic N) is 1. The summed E-state index contributed by atoms with van der Waals surface area (Å²) in [7, 11) is 0. The third kappa shape index (κ3) is 2.73. The van der Waals surface area contributed by atoms with Crippen molar-refractivity contribution >= 4 is 39.7 Å². The van der Waals surface area contributed by atoms with E-state index in [4.69, 9.17) is 0 Å². The zero-order valence-electron chi connectivity index (χ0n) is 12.0. The maximum absolute atomic E-state index is 13.7. The number of hydrogen-bond donors (Lipinski definition) is 1. The Kier molecular flexibility index (Phi) is 4.39. The molecule has 3 nitrogen and oxygen atoms in total. The van der Waals surface area contributed by atoms with Crippen molar-refractivity contribution in [2.45, 2.75) is 18.9 Å². The van der Waals surface area contributed by atoms with Gasteiger partial charge in [-0.3, -0.25) is 4.79 Å². The van der Waals surface area contributed by atoms with Gasteiger partial charge in [0.05, 0.1) is 4.88 Å². The smallest absolute Gasteiger partial charge is 0.261 e. The highest BCUT2D eigenvalue weighted by molar-refractivity contribution is 7.20. The van der Waals surface area contributed by atoms with E-state index in [2.05, 4.69) is 10.2 Å². The summed E-state index contributed by atoms with van der Waals surface area (Å²) in [6.07, 6.45) is 2.35. The van der Waals surface area contributed by atoms with E-state index in [1.54, 1.807) is 12.1 Å². The van der Waals surface area contributed by atoms with Crippen LogP contribution in [0.4, 0.5) is 4.39 Å². The molecule has 1 aromatic carbocycles. The molecule has 2 aromatic rings. The lowest BCUT2D eigenvalue weighted by Crippen LogP contribution is -2.57. The maximum atomic E-state index is 13.7. The van der Waals surface area contributed by atoms with Crippen molar-refractivity contribution in [3.8, 4) is 0 Å². The Morgan fingerprint density at radius 3 is 2.73 bits per heavy atom. The molecule has 3 aliphatic rings.